The average Bonchev–Trinajstić information content (AvgIpc) is 2.98. The number of para-hydroxylation sites is 1. The van der Waals surface area contributed by atoms with Crippen LogP contribution in [0.1, 0.15) is 33.9 Å². The van der Waals surface area contributed by atoms with Gasteiger partial charge in [0.15, 0.2) is 6.23 Å². The topological polar surface area (TPSA) is 173 Å². The fraction of sp³-hybridized carbons (Fsp3) is 0.500. The molecule has 2 aromatic rings. The number of carbonyl (C=O) groups excluding carboxylic acids is 1. The highest BCUT2D eigenvalue weighted by Gasteiger charge is 2.62. The number of nitrogens with two attached hydrogens (primary N) is 2. The molecular formula is C22H31FN5O7PS. The van der Waals surface area contributed by atoms with Gasteiger partial charge in [0, 0.05) is 6.20 Å². The largest absolute Gasteiger partial charge is 0.462 e. The molecule has 1 aliphatic rings. The van der Waals surface area contributed by atoms with Crippen LogP contribution in [0, 0.1) is 0 Å². The SMILES string of the molecule is CC(C)OC(=O)C(C)NP(=S)(OC[C@@]1(F)O[C@@H](n2ccc(N)nc2=O)[C@](C)(N)[C@@H]1O)Oc1ccccc1. The van der Waals surface area contributed by atoms with Crippen LogP contribution in [0.25, 0.3) is 0 Å². The lowest BCUT2D eigenvalue weighted by Crippen LogP contribution is -2.55. The first kappa shape index (κ1) is 29.1. The fourth-order valence-electron chi connectivity index (χ4n) is 3.56. The van der Waals surface area contributed by atoms with Gasteiger partial charge >= 0.3 is 18.3 Å². The smallest absolute Gasteiger partial charge is 0.351 e. The summed E-state index contributed by atoms with van der Waals surface area (Å²) in [7, 11) is 0. The number of nitrogen functional groups attached to an aromatic ring is 1. The molecule has 37 heavy (non-hydrogen) atoms. The molecule has 1 aromatic heterocycles. The molecule has 1 saturated heterocycles. The van der Waals surface area contributed by atoms with Gasteiger partial charge in [0.05, 0.1) is 11.6 Å². The van der Waals surface area contributed by atoms with E-state index in [1.807, 2.05) is 0 Å². The number of nitrogens with one attached hydrogen (secondary N) is 1. The zero-order valence-corrected chi connectivity index (χ0v) is 22.4. The average molecular weight is 560 g/mol. The molecule has 15 heteroatoms. The van der Waals surface area contributed by atoms with Gasteiger partial charge in [-0.25, -0.2) is 14.3 Å². The van der Waals surface area contributed by atoms with Crippen molar-refractivity contribution in [3.05, 3.63) is 53.1 Å². The number of alkyl halides is 1. The highest BCUT2D eigenvalue weighted by Crippen LogP contribution is 2.50. The highest BCUT2D eigenvalue weighted by molar-refractivity contribution is 8.09. The molecule has 6 atom stereocenters. The molecule has 0 spiro atoms. The summed E-state index contributed by atoms with van der Waals surface area (Å²) in [6.45, 7) is 1.57. The van der Waals surface area contributed by atoms with Gasteiger partial charge in [0.1, 0.15) is 30.3 Å². The fourth-order valence-corrected chi connectivity index (χ4v) is 5.95. The number of rotatable bonds is 10. The van der Waals surface area contributed by atoms with E-state index in [2.05, 4.69) is 10.1 Å². The van der Waals surface area contributed by atoms with Crippen molar-refractivity contribution in [2.24, 2.45) is 5.73 Å². The van der Waals surface area contributed by atoms with Crippen molar-refractivity contribution < 1.29 is 32.8 Å². The molecule has 12 nitrogen and oxygen atoms in total. The van der Waals surface area contributed by atoms with Gasteiger partial charge in [-0.15, -0.1) is 0 Å². The second-order valence-electron chi connectivity index (χ2n) is 9.08. The number of benzene rings is 1. The van der Waals surface area contributed by atoms with Crippen LogP contribution < -0.4 is 26.8 Å². The maximum absolute atomic E-state index is 16.0. The molecule has 6 N–H and O–H groups in total. The zero-order chi connectivity index (χ0) is 27.6. The predicted octanol–water partition coefficient (Wildman–Crippen LogP) is 1.35. The minimum atomic E-state index is -3.65. The first-order chi connectivity index (χ1) is 17.2. The Kier molecular flexibility index (Phi) is 8.75. The van der Waals surface area contributed by atoms with E-state index in [1.165, 1.54) is 26.1 Å². The van der Waals surface area contributed by atoms with Gasteiger partial charge in [-0.2, -0.15) is 4.98 Å². The number of esters is 1. The number of hydrogen-bond donors (Lipinski definition) is 4. The Labute approximate surface area is 218 Å². The van der Waals surface area contributed by atoms with Crippen LogP contribution in [-0.2, 0) is 30.6 Å². The molecule has 0 aliphatic carbocycles. The number of anilines is 1. The van der Waals surface area contributed by atoms with Crippen molar-refractivity contribution in [2.75, 3.05) is 12.3 Å². The van der Waals surface area contributed by atoms with Gasteiger partial charge in [0.2, 0.25) is 0 Å². The number of nitrogens with zero attached hydrogens (tertiary/aromatic N) is 2. The van der Waals surface area contributed by atoms with Crippen LogP contribution in [0.2, 0.25) is 0 Å². The van der Waals surface area contributed by atoms with E-state index in [0.29, 0.717) is 5.75 Å². The summed E-state index contributed by atoms with van der Waals surface area (Å²) in [6, 6.07) is 8.66. The molecule has 1 fully saturated rings. The van der Waals surface area contributed by atoms with E-state index in [0.717, 1.165) is 4.57 Å². The molecule has 0 saturated carbocycles. The molecular weight excluding hydrogens is 528 g/mol. The molecule has 3 rings (SSSR count). The Bertz CT molecular complexity index is 1220. The lowest BCUT2D eigenvalue weighted by molar-refractivity contribution is -0.203. The number of halogens is 1. The third kappa shape index (κ3) is 6.71. The van der Waals surface area contributed by atoms with Crippen molar-refractivity contribution in [1.29, 1.82) is 0 Å². The molecule has 1 aliphatic heterocycles. The maximum Gasteiger partial charge on any atom is 0.351 e. The number of carbonyl (C=O) groups is 1. The Morgan fingerprint density at radius 3 is 2.59 bits per heavy atom. The normalized spacial score (nSPS) is 28.0. The quantitative estimate of drug-likeness (QED) is 0.243. The van der Waals surface area contributed by atoms with E-state index in [9.17, 15) is 14.7 Å². The monoisotopic (exact) mass is 559 g/mol. The Hall–Kier alpha value is -2.45. The number of ether oxygens (including phenoxy) is 2. The number of hydrogen-bond acceptors (Lipinski definition) is 11. The third-order valence-electron chi connectivity index (χ3n) is 5.40. The zero-order valence-electron chi connectivity index (χ0n) is 20.7. The van der Waals surface area contributed by atoms with E-state index in [1.54, 1.807) is 44.2 Å². The minimum absolute atomic E-state index is 0.0525. The van der Waals surface area contributed by atoms with E-state index >= 15 is 4.39 Å². The first-order valence-corrected chi connectivity index (χ1v) is 14.0. The van der Waals surface area contributed by atoms with Crippen LogP contribution in [0.5, 0.6) is 5.75 Å². The van der Waals surface area contributed by atoms with E-state index in [4.69, 9.17) is 41.8 Å². The number of aromatic nitrogens is 2. The minimum Gasteiger partial charge on any atom is -0.462 e. The highest BCUT2D eigenvalue weighted by atomic mass is 32.5. The standard InChI is InChI=1S/C22H31FN5O7PS/c1-13(2)33-17(29)14(3)27-36(37,35-15-8-6-5-7-9-15)32-12-22(23)18(30)21(4,25)19(34-22)28-11-10-16(24)26-20(28)31/h5-11,13-14,18-19,30H,12,25H2,1-4H3,(H,27,37)(H2,24,26,31)/t14?,18-,19+,21+,22+,36?/m0/s1. The van der Waals surface area contributed by atoms with Gasteiger partial charge in [-0.1, -0.05) is 18.2 Å². The maximum atomic E-state index is 16.0. The van der Waals surface area contributed by atoms with E-state index < -0.39 is 54.7 Å². The molecule has 0 amide bonds. The summed E-state index contributed by atoms with van der Waals surface area (Å²) < 4.78 is 39.1. The lowest BCUT2D eigenvalue weighted by Gasteiger charge is -2.31. The molecule has 204 valence electrons. The van der Waals surface area contributed by atoms with Crippen molar-refractivity contribution >= 4 is 30.2 Å². The lowest BCUT2D eigenvalue weighted by atomic mass is 9.92. The molecule has 2 heterocycles. The first-order valence-electron chi connectivity index (χ1n) is 11.3. The van der Waals surface area contributed by atoms with Crippen LogP contribution in [0.4, 0.5) is 10.2 Å². The second kappa shape index (κ2) is 11.1. The Morgan fingerprint density at radius 2 is 2.00 bits per heavy atom. The van der Waals surface area contributed by atoms with Crippen molar-refractivity contribution in [2.45, 2.75) is 63.6 Å². The van der Waals surface area contributed by atoms with Crippen LogP contribution in [0.15, 0.2) is 47.4 Å². The van der Waals surface area contributed by atoms with Gasteiger partial charge in [0.25, 0.3) is 5.85 Å². The summed E-state index contributed by atoms with van der Waals surface area (Å²) >= 11 is 5.56. The van der Waals surface area contributed by atoms with Crippen LogP contribution in [-0.4, -0.2) is 56.9 Å². The van der Waals surface area contributed by atoms with Crippen molar-refractivity contribution in [3.8, 4) is 5.75 Å². The summed E-state index contributed by atoms with van der Waals surface area (Å²) in [5, 5.41) is 13.6. The number of aliphatic hydroxyl groups is 1. The van der Waals surface area contributed by atoms with Crippen LogP contribution >= 0.6 is 6.64 Å². The summed E-state index contributed by atoms with van der Waals surface area (Å²) in [5.41, 5.74) is 9.08. The summed E-state index contributed by atoms with van der Waals surface area (Å²) in [4.78, 5) is 28.3. The van der Waals surface area contributed by atoms with E-state index in [-0.39, 0.29) is 11.9 Å². The Balaban J connectivity index is 1.85. The number of aliphatic hydroxyl groups excluding tert-OH is 1. The molecule has 1 aromatic carbocycles. The second-order valence-corrected chi connectivity index (χ2v) is 12.2. The van der Waals surface area contributed by atoms with Gasteiger partial charge < -0.3 is 35.1 Å². The predicted molar refractivity (Wildman–Crippen MR) is 137 cm³/mol. The van der Waals surface area contributed by atoms with Crippen LogP contribution in [0.3, 0.4) is 0 Å². The van der Waals surface area contributed by atoms with Gasteiger partial charge in [-0.05, 0) is 57.7 Å². The van der Waals surface area contributed by atoms with Gasteiger partial charge in [-0.3, -0.25) is 9.36 Å². The molecule has 0 radical (unpaired) electrons. The molecule has 0 bridgehead atoms. The molecule has 2 unspecified atom stereocenters. The third-order valence-corrected chi connectivity index (χ3v) is 7.88. The van der Waals surface area contributed by atoms with Crippen molar-refractivity contribution in [1.82, 2.24) is 14.6 Å². The van der Waals surface area contributed by atoms with Crippen molar-refractivity contribution in [3.63, 3.8) is 0 Å². The summed E-state index contributed by atoms with van der Waals surface area (Å²) in [6.07, 6.45) is -2.57. The summed E-state index contributed by atoms with van der Waals surface area (Å²) in [5.74, 6) is -3.29. The Morgan fingerprint density at radius 1 is 1.35 bits per heavy atom.